The van der Waals surface area contributed by atoms with Gasteiger partial charge in [0.1, 0.15) is 0 Å². The predicted molar refractivity (Wildman–Crippen MR) is 136 cm³/mol. The van der Waals surface area contributed by atoms with Crippen molar-refractivity contribution in [3.63, 3.8) is 0 Å². The van der Waals surface area contributed by atoms with E-state index >= 15 is 0 Å². The molecule has 0 aliphatic carbocycles. The number of pyridine rings is 1. The zero-order chi connectivity index (χ0) is 22.9. The first-order valence-corrected chi connectivity index (χ1v) is 13.4. The number of halogens is 1. The van der Waals surface area contributed by atoms with Gasteiger partial charge in [-0.05, 0) is 35.9 Å². The molecule has 0 aliphatic rings. The zero-order valence-corrected chi connectivity index (χ0v) is 20.4. The molecule has 3 N–H and O–H groups in total. The molecule has 0 fully saturated rings. The number of aromatic nitrogens is 1. The van der Waals surface area contributed by atoms with E-state index in [0.29, 0.717) is 22.9 Å². The molecule has 3 rings (SSSR count). The molecule has 0 saturated carbocycles. The maximum Gasteiger partial charge on any atom is 0.304 e. The summed E-state index contributed by atoms with van der Waals surface area (Å²) >= 11 is 11.0. The molecule has 9 heteroatoms. The lowest BCUT2D eigenvalue weighted by atomic mass is 10.2. The Bertz CT molecular complexity index is 1080. The predicted octanol–water partition coefficient (Wildman–Crippen LogP) is 6.00. The molecule has 1 atom stereocenters. The summed E-state index contributed by atoms with van der Waals surface area (Å²) in [5.41, 5.74) is 8.21. The van der Waals surface area contributed by atoms with E-state index in [4.69, 9.17) is 27.4 Å². The molecular weight excluding hydrogens is 484 g/mol. The van der Waals surface area contributed by atoms with Gasteiger partial charge in [0.2, 0.25) is 5.91 Å². The van der Waals surface area contributed by atoms with Crippen molar-refractivity contribution in [2.24, 2.45) is 5.73 Å². The molecule has 2 aromatic carbocycles. The molecular formula is C23H23ClN2O3S3. The molecule has 1 unspecified atom stereocenters. The van der Waals surface area contributed by atoms with Crippen molar-refractivity contribution in [2.45, 2.75) is 28.1 Å². The molecule has 1 heterocycles. The minimum absolute atomic E-state index is 0.0372. The van der Waals surface area contributed by atoms with Crippen LogP contribution in [0.2, 0.25) is 5.02 Å². The zero-order valence-electron chi connectivity index (χ0n) is 17.2. The average molecular weight is 507 g/mol. The topological polar surface area (TPSA) is 93.3 Å². The summed E-state index contributed by atoms with van der Waals surface area (Å²) in [5, 5.41) is 10.7. The van der Waals surface area contributed by atoms with Crippen molar-refractivity contribution in [3.05, 3.63) is 70.9 Å². The quantitative estimate of drug-likeness (QED) is 0.230. The Morgan fingerprint density at radius 1 is 1.03 bits per heavy atom. The summed E-state index contributed by atoms with van der Waals surface area (Å²) in [6.45, 7) is 0. The van der Waals surface area contributed by atoms with Crippen molar-refractivity contribution in [1.82, 2.24) is 4.98 Å². The van der Waals surface area contributed by atoms with Crippen LogP contribution in [0.4, 0.5) is 0 Å². The van der Waals surface area contributed by atoms with Gasteiger partial charge in [0.15, 0.2) is 0 Å². The van der Waals surface area contributed by atoms with Crippen LogP contribution >= 0.6 is 46.9 Å². The lowest BCUT2D eigenvalue weighted by Crippen LogP contribution is -2.11. The van der Waals surface area contributed by atoms with Gasteiger partial charge >= 0.3 is 5.97 Å². The number of nitrogens with two attached hydrogens (primary N) is 1. The third-order valence-electron chi connectivity index (χ3n) is 4.43. The molecule has 1 aromatic heterocycles. The number of hydrogen-bond donors (Lipinski definition) is 2. The summed E-state index contributed by atoms with van der Waals surface area (Å²) in [4.78, 5) is 27.8. The molecule has 0 bridgehead atoms. The molecule has 3 aromatic rings. The second kappa shape index (κ2) is 12.4. The SMILES string of the molecule is NC(=O)CCSC(SCCC(=O)O)c1cccc(SCc2ccc3ccc(Cl)cc3n2)c1. The van der Waals surface area contributed by atoms with E-state index in [-0.39, 0.29) is 16.9 Å². The summed E-state index contributed by atoms with van der Waals surface area (Å²) in [7, 11) is 0. The fourth-order valence-corrected chi connectivity index (χ4v) is 6.60. The number of aliphatic carboxylic acids is 1. The number of carbonyl (C=O) groups is 2. The Morgan fingerprint density at radius 3 is 2.53 bits per heavy atom. The smallest absolute Gasteiger partial charge is 0.304 e. The first-order chi connectivity index (χ1) is 15.4. The van der Waals surface area contributed by atoms with E-state index < -0.39 is 5.97 Å². The lowest BCUT2D eigenvalue weighted by Gasteiger charge is -2.17. The summed E-state index contributed by atoms with van der Waals surface area (Å²) in [6.07, 6.45) is 0.399. The fraction of sp³-hybridized carbons (Fsp3) is 0.261. The number of carboxylic acids is 1. The number of carbonyl (C=O) groups excluding carboxylic acids is 1. The highest BCUT2D eigenvalue weighted by Gasteiger charge is 2.15. The van der Waals surface area contributed by atoms with Crippen molar-refractivity contribution < 1.29 is 14.7 Å². The molecule has 0 radical (unpaired) electrons. The Balaban J connectivity index is 1.67. The van der Waals surface area contributed by atoms with Crippen LogP contribution < -0.4 is 5.73 Å². The van der Waals surface area contributed by atoms with E-state index in [2.05, 4.69) is 18.2 Å². The van der Waals surface area contributed by atoms with Gasteiger partial charge < -0.3 is 10.8 Å². The van der Waals surface area contributed by atoms with Crippen molar-refractivity contribution >= 4 is 69.7 Å². The fourth-order valence-electron chi connectivity index (χ4n) is 2.88. The van der Waals surface area contributed by atoms with Crippen LogP contribution in [0.1, 0.15) is 28.7 Å². The van der Waals surface area contributed by atoms with Gasteiger partial charge in [-0.25, -0.2) is 0 Å². The highest BCUT2D eigenvalue weighted by Crippen LogP contribution is 2.41. The highest BCUT2D eigenvalue weighted by atomic mass is 35.5. The van der Waals surface area contributed by atoms with Crippen LogP contribution in [-0.2, 0) is 15.3 Å². The normalized spacial score (nSPS) is 12.0. The van der Waals surface area contributed by atoms with Gasteiger partial charge in [0.25, 0.3) is 0 Å². The number of carboxylic acid groups (broad SMARTS) is 1. The highest BCUT2D eigenvalue weighted by molar-refractivity contribution is 8.16. The van der Waals surface area contributed by atoms with Gasteiger partial charge in [-0.3, -0.25) is 14.6 Å². The number of benzene rings is 2. The van der Waals surface area contributed by atoms with Gasteiger partial charge in [-0.15, -0.1) is 35.3 Å². The number of thioether (sulfide) groups is 3. The first-order valence-electron chi connectivity index (χ1n) is 9.92. The molecule has 5 nitrogen and oxygen atoms in total. The maximum atomic E-state index is 11.1. The van der Waals surface area contributed by atoms with Crippen molar-refractivity contribution in [3.8, 4) is 0 Å². The third kappa shape index (κ3) is 7.92. The third-order valence-corrected chi connectivity index (χ3v) is 8.54. The van der Waals surface area contributed by atoms with Crippen LogP contribution in [0.15, 0.2) is 59.5 Å². The molecule has 0 aliphatic heterocycles. The van der Waals surface area contributed by atoms with Crippen LogP contribution in [-0.4, -0.2) is 33.5 Å². The number of amides is 1. The standard InChI is InChI=1S/C23H23ClN2O3S3/c24-17-6-4-15-5-7-18(26-20(15)13-17)14-32-19-3-1-2-16(12-19)23(30-10-8-21(25)27)31-11-9-22(28)29/h1-7,12-13,23H,8-11,14H2,(H2,25,27)(H,28,29). The number of nitrogens with zero attached hydrogens (tertiary/aromatic N) is 1. The van der Waals surface area contributed by atoms with Gasteiger partial charge in [0, 0.05) is 39.0 Å². The molecule has 0 spiro atoms. The molecule has 0 saturated heterocycles. The number of primary amides is 1. The Kier molecular flexibility index (Phi) is 9.59. The van der Waals surface area contributed by atoms with Gasteiger partial charge in [-0.1, -0.05) is 35.9 Å². The number of rotatable bonds is 12. The van der Waals surface area contributed by atoms with Crippen molar-refractivity contribution in [1.29, 1.82) is 0 Å². The molecule has 168 valence electrons. The van der Waals surface area contributed by atoms with Gasteiger partial charge in [0.05, 0.1) is 22.2 Å². The Morgan fingerprint density at radius 2 is 1.78 bits per heavy atom. The minimum Gasteiger partial charge on any atom is -0.481 e. The van der Waals surface area contributed by atoms with E-state index in [0.717, 1.165) is 32.8 Å². The minimum atomic E-state index is -0.813. The Hall–Kier alpha value is -1.87. The molecule has 1 amide bonds. The Labute approximate surface area is 204 Å². The summed E-state index contributed by atoms with van der Waals surface area (Å²) in [5.74, 6) is 0.676. The van der Waals surface area contributed by atoms with Crippen LogP contribution in [0.25, 0.3) is 10.9 Å². The lowest BCUT2D eigenvalue weighted by molar-refractivity contribution is -0.136. The molecule has 32 heavy (non-hydrogen) atoms. The van der Waals surface area contributed by atoms with E-state index in [1.54, 1.807) is 35.3 Å². The number of hydrogen-bond acceptors (Lipinski definition) is 6. The van der Waals surface area contributed by atoms with Crippen LogP contribution in [0.5, 0.6) is 0 Å². The van der Waals surface area contributed by atoms with E-state index in [9.17, 15) is 9.59 Å². The van der Waals surface area contributed by atoms with E-state index in [1.807, 2.05) is 36.4 Å². The van der Waals surface area contributed by atoms with Crippen LogP contribution in [0.3, 0.4) is 0 Å². The summed E-state index contributed by atoms with van der Waals surface area (Å²) in [6, 6.07) is 18.0. The second-order valence-electron chi connectivity index (χ2n) is 6.93. The van der Waals surface area contributed by atoms with Crippen LogP contribution in [0, 0.1) is 0 Å². The van der Waals surface area contributed by atoms with Gasteiger partial charge in [-0.2, -0.15) is 0 Å². The maximum absolute atomic E-state index is 11.1. The largest absolute Gasteiger partial charge is 0.481 e. The van der Waals surface area contributed by atoms with Crippen molar-refractivity contribution in [2.75, 3.05) is 11.5 Å². The monoisotopic (exact) mass is 506 g/mol. The number of fused-ring (bicyclic) bond motifs is 1. The second-order valence-corrected chi connectivity index (χ2v) is 11.1. The first kappa shape index (κ1) is 24.8. The average Bonchev–Trinajstić information content (AvgIpc) is 2.76. The van der Waals surface area contributed by atoms with E-state index in [1.165, 1.54) is 0 Å². The summed E-state index contributed by atoms with van der Waals surface area (Å²) < 4.78 is 0.0372.